The summed E-state index contributed by atoms with van der Waals surface area (Å²) in [6, 6.07) is 18.3. The number of carbonyl (C=O) groups excluding carboxylic acids is 1. The number of hydrogen-bond donors (Lipinski definition) is 1. The summed E-state index contributed by atoms with van der Waals surface area (Å²) >= 11 is 0. The van der Waals surface area contributed by atoms with Crippen LogP contribution in [0, 0.1) is 0 Å². The maximum atomic E-state index is 12.8. The third kappa shape index (κ3) is 4.49. The first-order chi connectivity index (χ1) is 16.8. The molecule has 0 spiro atoms. The Balaban J connectivity index is 1.30. The number of oxazole rings is 1. The predicted molar refractivity (Wildman–Crippen MR) is 134 cm³/mol. The van der Waals surface area contributed by atoms with Crippen LogP contribution in [0.15, 0.2) is 74.8 Å². The Bertz CT molecular complexity index is 1560. The molecule has 1 amide bonds. The maximum Gasteiger partial charge on any atom is 0.419 e. The number of rotatable bonds is 7. The fourth-order valence-electron chi connectivity index (χ4n) is 4.73. The first kappa shape index (κ1) is 23.3. The van der Waals surface area contributed by atoms with E-state index >= 15 is 0 Å². The van der Waals surface area contributed by atoms with Crippen LogP contribution >= 0.6 is 0 Å². The molecular weight excluding hydrogens is 466 g/mol. The van der Waals surface area contributed by atoms with Gasteiger partial charge in [0.1, 0.15) is 0 Å². The molecule has 9 heteroatoms. The van der Waals surface area contributed by atoms with Gasteiger partial charge in [-0.15, -0.1) is 0 Å². The van der Waals surface area contributed by atoms with E-state index in [0.717, 1.165) is 29.2 Å². The Hall–Kier alpha value is -3.43. The lowest BCUT2D eigenvalue weighted by atomic mass is 9.99. The Kier molecular flexibility index (Phi) is 6.21. The minimum atomic E-state index is -3.62. The molecule has 1 atom stereocenters. The van der Waals surface area contributed by atoms with Crippen LogP contribution in [0.2, 0.25) is 0 Å². The fraction of sp³-hybridized carbons (Fsp3) is 0.308. The van der Waals surface area contributed by atoms with Crippen molar-refractivity contribution in [3.63, 3.8) is 0 Å². The molecule has 8 nitrogen and oxygen atoms in total. The molecule has 1 unspecified atom stereocenters. The normalized spacial score (nSPS) is 15.6. The van der Waals surface area contributed by atoms with Crippen molar-refractivity contribution in [1.29, 1.82) is 0 Å². The van der Waals surface area contributed by atoms with Gasteiger partial charge in [-0.3, -0.25) is 9.36 Å². The van der Waals surface area contributed by atoms with Gasteiger partial charge in [0.05, 0.1) is 16.5 Å². The van der Waals surface area contributed by atoms with Crippen molar-refractivity contribution in [2.75, 3.05) is 13.1 Å². The van der Waals surface area contributed by atoms with Crippen molar-refractivity contribution in [3.05, 3.63) is 76.8 Å². The molecule has 35 heavy (non-hydrogen) atoms. The summed E-state index contributed by atoms with van der Waals surface area (Å²) in [6.07, 6.45) is 1.76. The van der Waals surface area contributed by atoms with Crippen LogP contribution in [-0.4, -0.2) is 36.3 Å². The molecule has 3 aromatic carbocycles. The third-order valence-electron chi connectivity index (χ3n) is 6.57. The average molecular weight is 494 g/mol. The number of nitrogens with one attached hydrogen (secondary N) is 1. The monoisotopic (exact) mass is 493 g/mol. The lowest BCUT2D eigenvalue weighted by Gasteiger charge is -2.17. The number of aryl methyl sites for hydroxylation is 1. The minimum absolute atomic E-state index is 0.0808. The summed E-state index contributed by atoms with van der Waals surface area (Å²) in [5.74, 6) is -0.814. The molecule has 1 N–H and O–H groups in total. The zero-order valence-corrected chi connectivity index (χ0v) is 20.3. The first-order valence-electron chi connectivity index (χ1n) is 11.8. The summed E-state index contributed by atoms with van der Waals surface area (Å²) < 4.78 is 33.8. The smallest absolute Gasteiger partial charge is 0.408 e. The topological polar surface area (TPSA) is 102 Å². The Morgan fingerprint density at radius 1 is 1.06 bits per heavy atom. The number of aromatic nitrogens is 1. The van der Waals surface area contributed by atoms with Gasteiger partial charge in [-0.25, -0.2) is 13.2 Å². The highest BCUT2D eigenvalue weighted by atomic mass is 32.2. The Labute approximate surface area is 203 Å². The van der Waals surface area contributed by atoms with Crippen LogP contribution in [0.25, 0.3) is 21.9 Å². The summed E-state index contributed by atoms with van der Waals surface area (Å²) in [6.45, 7) is 3.05. The second-order valence-corrected chi connectivity index (χ2v) is 10.8. The summed E-state index contributed by atoms with van der Waals surface area (Å²) in [5, 5.41) is 5.20. The van der Waals surface area contributed by atoms with Crippen molar-refractivity contribution in [3.8, 4) is 0 Å². The van der Waals surface area contributed by atoms with Crippen molar-refractivity contribution < 1.29 is 17.6 Å². The van der Waals surface area contributed by atoms with E-state index in [4.69, 9.17) is 4.42 Å². The molecule has 2 heterocycles. The van der Waals surface area contributed by atoms with E-state index in [1.54, 1.807) is 6.07 Å². The molecular formula is C26H27N3O5S. The number of nitrogens with zero attached hydrogens (tertiary/aromatic N) is 2. The van der Waals surface area contributed by atoms with E-state index in [0.29, 0.717) is 18.6 Å². The van der Waals surface area contributed by atoms with Gasteiger partial charge in [-0.2, -0.15) is 4.31 Å². The zero-order valence-electron chi connectivity index (χ0n) is 19.4. The third-order valence-corrected chi connectivity index (χ3v) is 8.47. The standard InChI is InChI=1S/C26H27N3O5S/c1-18(21-10-6-8-19-7-2-3-9-22(19)21)27-25(30)13-16-29-23-12-11-20(17-24(23)34-26(29)31)35(32,33)28-14-4-5-15-28/h2-3,6-12,17-18H,4-5,13-16H2,1H3,(H,27,30). The number of fused-ring (bicyclic) bond motifs is 2. The van der Waals surface area contributed by atoms with Gasteiger partial charge in [0.2, 0.25) is 15.9 Å². The average Bonchev–Trinajstić information content (AvgIpc) is 3.50. The molecule has 0 saturated carbocycles. The highest BCUT2D eigenvalue weighted by Gasteiger charge is 2.28. The molecule has 1 aromatic heterocycles. The highest BCUT2D eigenvalue weighted by Crippen LogP contribution is 2.25. The number of carbonyl (C=O) groups is 1. The SMILES string of the molecule is CC(NC(=O)CCn1c(=O)oc2cc(S(=O)(=O)N3CCCC3)ccc21)c1cccc2ccccc12. The Morgan fingerprint density at radius 2 is 1.80 bits per heavy atom. The van der Waals surface area contributed by atoms with Crippen LogP contribution in [0.1, 0.15) is 37.8 Å². The lowest BCUT2D eigenvalue weighted by molar-refractivity contribution is -0.121. The number of amides is 1. The van der Waals surface area contributed by atoms with Crippen LogP contribution in [0.3, 0.4) is 0 Å². The molecule has 0 bridgehead atoms. The van der Waals surface area contributed by atoms with Gasteiger partial charge in [0, 0.05) is 32.1 Å². The molecule has 0 radical (unpaired) electrons. The quantitative estimate of drug-likeness (QED) is 0.422. The number of hydrogen-bond acceptors (Lipinski definition) is 5. The van der Waals surface area contributed by atoms with Crippen LogP contribution < -0.4 is 11.1 Å². The first-order valence-corrected chi connectivity index (χ1v) is 13.2. The van der Waals surface area contributed by atoms with Gasteiger partial charge < -0.3 is 9.73 Å². The molecule has 5 rings (SSSR count). The summed E-state index contributed by atoms with van der Waals surface area (Å²) in [4.78, 5) is 25.3. The van der Waals surface area contributed by atoms with E-state index in [2.05, 4.69) is 5.32 Å². The van der Waals surface area contributed by atoms with E-state index < -0.39 is 15.8 Å². The van der Waals surface area contributed by atoms with Gasteiger partial charge in [0.15, 0.2) is 5.58 Å². The molecule has 4 aromatic rings. The van der Waals surface area contributed by atoms with Gasteiger partial charge >= 0.3 is 5.76 Å². The molecule has 1 fully saturated rings. The van der Waals surface area contributed by atoms with Crippen LogP contribution in [0.4, 0.5) is 0 Å². The lowest BCUT2D eigenvalue weighted by Crippen LogP contribution is -2.28. The molecule has 182 valence electrons. The largest absolute Gasteiger partial charge is 0.419 e. The van der Waals surface area contributed by atoms with E-state index in [-0.39, 0.29) is 35.4 Å². The molecule has 0 aliphatic carbocycles. The van der Waals surface area contributed by atoms with Crippen molar-refractivity contribution in [2.45, 2.75) is 43.7 Å². The molecule has 1 aliphatic rings. The summed E-state index contributed by atoms with van der Waals surface area (Å²) in [5.41, 5.74) is 1.68. The van der Waals surface area contributed by atoms with Crippen molar-refractivity contribution in [1.82, 2.24) is 14.2 Å². The zero-order chi connectivity index (χ0) is 24.6. The van der Waals surface area contributed by atoms with E-state index in [1.165, 1.54) is 21.0 Å². The minimum Gasteiger partial charge on any atom is -0.408 e. The van der Waals surface area contributed by atoms with E-state index in [1.807, 2.05) is 49.4 Å². The summed E-state index contributed by atoms with van der Waals surface area (Å²) in [7, 11) is -3.62. The van der Waals surface area contributed by atoms with Gasteiger partial charge in [-0.05, 0) is 48.2 Å². The van der Waals surface area contributed by atoms with Gasteiger partial charge in [0.25, 0.3) is 0 Å². The highest BCUT2D eigenvalue weighted by molar-refractivity contribution is 7.89. The van der Waals surface area contributed by atoms with Crippen LogP contribution in [0.5, 0.6) is 0 Å². The number of sulfonamides is 1. The second kappa shape index (κ2) is 9.31. The van der Waals surface area contributed by atoms with Crippen molar-refractivity contribution in [2.24, 2.45) is 0 Å². The van der Waals surface area contributed by atoms with Gasteiger partial charge in [-0.1, -0.05) is 42.5 Å². The second-order valence-electron chi connectivity index (χ2n) is 8.87. The molecule has 1 aliphatic heterocycles. The maximum absolute atomic E-state index is 12.8. The Morgan fingerprint density at radius 3 is 2.60 bits per heavy atom. The van der Waals surface area contributed by atoms with E-state index in [9.17, 15) is 18.0 Å². The van der Waals surface area contributed by atoms with Crippen LogP contribution in [-0.2, 0) is 21.4 Å². The molecule has 1 saturated heterocycles. The van der Waals surface area contributed by atoms with Crippen molar-refractivity contribution >= 4 is 37.8 Å². The predicted octanol–water partition coefficient (Wildman–Crippen LogP) is 3.80. The number of benzene rings is 3. The fourth-order valence-corrected chi connectivity index (χ4v) is 6.26.